The molecule has 0 spiro atoms. The van der Waals surface area contributed by atoms with E-state index in [1.54, 1.807) is 13.0 Å². The summed E-state index contributed by atoms with van der Waals surface area (Å²) in [6.45, 7) is 5.63. The van der Waals surface area contributed by atoms with Gasteiger partial charge in [0.1, 0.15) is 5.76 Å². The fourth-order valence-electron chi connectivity index (χ4n) is 1.90. The molecular weight excluding hydrogens is 276 g/mol. The van der Waals surface area contributed by atoms with Crippen molar-refractivity contribution in [1.82, 2.24) is 0 Å². The highest BCUT2D eigenvalue weighted by atomic mass is 32.2. The van der Waals surface area contributed by atoms with E-state index in [0.717, 1.165) is 16.0 Å². The van der Waals surface area contributed by atoms with E-state index in [1.807, 2.05) is 32.0 Å². The average Bonchev–Trinajstić information content (AvgIpc) is 2.73. The van der Waals surface area contributed by atoms with E-state index in [2.05, 4.69) is 0 Å². The van der Waals surface area contributed by atoms with Gasteiger partial charge in [-0.25, -0.2) is 4.79 Å². The van der Waals surface area contributed by atoms with Crippen molar-refractivity contribution in [3.63, 3.8) is 0 Å². The van der Waals surface area contributed by atoms with Crippen LogP contribution in [0.2, 0.25) is 0 Å². The minimum atomic E-state index is -1.25. The van der Waals surface area contributed by atoms with Gasteiger partial charge >= 0.3 is 5.97 Å². The zero-order chi connectivity index (χ0) is 14.9. The van der Waals surface area contributed by atoms with Gasteiger partial charge in [0.05, 0.1) is 16.6 Å². The lowest BCUT2D eigenvalue weighted by atomic mass is 10.1. The van der Waals surface area contributed by atoms with Crippen molar-refractivity contribution in [3.05, 3.63) is 52.5 Å². The minimum Gasteiger partial charge on any atom is -0.475 e. The summed E-state index contributed by atoms with van der Waals surface area (Å²) in [5.74, 6) is -0.587. The summed E-state index contributed by atoms with van der Waals surface area (Å²) >= 11 is 0. The third-order valence-electron chi connectivity index (χ3n) is 3.18. The number of benzene rings is 1. The molecule has 4 nitrogen and oxygen atoms in total. The smallest absolute Gasteiger partial charge is 0.372 e. The normalized spacial score (nSPS) is 12.3. The minimum absolute atomic E-state index is 0.0860. The van der Waals surface area contributed by atoms with Crippen LogP contribution in [0.15, 0.2) is 33.6 Å². The Kier molecular flexibility index (Phi) is 4.09. The lowest BCUT2D eigenvalue weighted by Crippen LogP contribution is -1.97. The fourth-order valence-corrected chi connectivity index (χ4v) is 2.99. The number of carbonyl (C=O) groups is 1. The first-order valence-electron chi connectivity index (χ1n) is 6.16. The molecule has 0 saturated heterocycles. The Labute approximate surface area is 119 Å². The summed E-state index contributed by atoms with van der Waals surface area (Å²) in [5.41, 5.74) is 2.77. The monoisotopic (exact) mass is 292 g/mol. The van der Waals surface area contributed by atoms with Crippen LogP contribution in [0.5, 0.6) is 0 Å². The molecule has 0 saturated carbocycles. The van der Waals surface area contributed by atoms with Crippen molar-refractivity contribution in [2.75, 3.05) is 0 Å². The Balaban J connectivity index is 2.21. The third kappa shape index (κ3) is 2.99. The van der Waals surface area contributed by atoms with Gasteiger partial charge in [-0.2, -0.15) is 0 Å². The maximum atomic E-state index is 12.3. The zero-order valence-electron chi connectivity index (χ0n) is 11.6. The van der Waals surface area contributed by atoms with E-state index >= 15 is 0 Å². The number of aromatic carboxylic acids is 1. The van der Waals surface area contributed by atoms with Gasteiger partial charge in [-0.3, -0.25) is 4.21 Å². The van der Waals surface area contributed by atoms with Crippen LogP contribution in [0, 0.1) is 20.8 Å². The third-order valence-corrected chi connectivity index (χ3v) is 4.50. The van der Waals surface area contributed by atoms with Gasteiger partial charge in [0.25, 0.3) is 0 Å². The van der Waals surface area contributed by atoms with Crippen LogP contribution >= 0.6 is 0 Å². The molecule has 0 aliphatic carbocycles. The van der Waals surface area contributed by atoms with Crippen LogP contribution in [0.3, 0.4) is 0 Å². The zero-order valence-corrected chi connectivity index (χ0v) is 12.4. The van der Waals surface area contributed by atoms with E-state index < -0.39 is 16.8 Å². The van der Waals surface area contributed by atoms with Gasteiger partial charge in [-0.15, -0.1) is 0 Å². The van der Waals surface area contributed by atoms with E-state index in [-0.39, 0.29) is 11.5 Å². The Morgan fingerprint density at radius 2 is 1.85 bits per heavy atom. The molecule has 0 radical (unpaired) electrons. The van der Waals surface area contributed by atoms with Crippen molar-refractivity contribution in [1.29, 1.82) is 0 Å². The lowest BCUT2D eigenvalue weighted by molar-refractivity contribution is 0.0659. The van der Waals surface area contributed by atoms with Crippen molar-refractivity contribution < 1.29 is 18.5 Å². The van der Waals surface area contributed by atoms with E-state index in [0.29, 0.717) is 11.3 Å². The van der Waals surface area contributed by atoms with E-state index in [9.17, 15) is 9.00 Å². The highest BCUT2D eigenvalue weighted by Crippen LogP contribution is 2.20. The Morgan fingerprint density at radius 3 is 2.40 bits per heavy atom. The summed E-state index contributed by atoms with van der Waals surface area (Å²) < 4.78 is 17.5. The van der Waals surface area contributed by atoms with Crippen molar-refractivity contribution in [2.45, 2.75) is 31.4 Å². The molecule has 0 bridgehead atoms. The van der Waals surface area contributed by atoms with Gasteiger partial charge < -0.3 is 9.52 Å². The summed E-state index contributed by atoms with van der Waals surface area (Å²) in [6.07, 6.45) is 0. The molecule has 1 N–H and O–H groups in total. The van der Waals surface area contributed by atoms with Gasteiger partial charge in [0, 0.05) is 10.5 Å². The molecule has 1 unspecified atom stereocenters. The number of hydrogen-bond donors (Lipinski definition) is 1. The summed E-state index contributed by atoms with van der Waals surface area (Å²) in [5, 5.41) is 8.93. The number of hydrogen-bond acceptors (Lipinski definition) is 3. The lowest BCUT2D eigenvalue weighted by Gasteiger charge is -2.04. The first-order chi connectivity index (χ1) is 9.38. The molecule has 0 aliphatic heterocycles. The Morgan fingerprint density at radius 1 is 1.15 bits per heavy atom. The summed E-state index contributed by atoms with van der Waals surface area (Å²) in [4.78, 5) is 11.6. The number of rotatable bonds is 4. The van der Waals surface area contributed by atoms with Crippen LogP contribution in [0.1, 0.15) is 33.0 Å². The van der Waals surface area contributed by atoms with E-state index in [4.69, 9.17) is 9.52 Å². The number of furan rings is 1. The predicted octanol–water partition coefficient (Wildman–Crippen LogP) is 3.21. The molecular formula is C15H16O4S. The second kappa shape index (κ2) is 5.63. The standard InChI is InChI=1S/C15H16O4S/c1-9-4-5-13(7-10(9)2)20(18)8-12-6-11(3)14(19-12)15(16)17/h4-7H,8H2,1-3H3,(H,16,17). The molecule has 2 aromatic rings. The van der Waals surface area contributed by atoms with Crippen molar-refractivity contribution >= 4 is 16.8 Å². The molecule has 1 atom stereocenters. The molecule has 1 aromatic heterocycles. The maximum Gasteiger partial charge on any atom is 0.372 e. The van der Waals surface area contributed by atoms with E-state index in [1.165, 1.54) is 0 Å². The van der Waals surface area contributed by atoms with Crippen LogP contribution < -0.4 is 0 Å². The second-order valence-corrected chi connectivity index (χ2v) is 6.22. The molecule has 1 heterocycles. The molecule has 5 heteroatoms. The van der Waals surface area contributed by atoms with Crippen LogP contribution in [-0.2, 0) is 16.6 Å². The fraction of sp³-hybridized carbons (Fsp3) is 0.267. The van der Waals surface area contributed by atoms with Crippen LogP contribution in [0.4, 0.5) is 0 Å². The summed E-state index contributed by atoms with van der Waals surface area (Å²) in [6, 6.07) is 7.27. The van der Waals surface area contributed by atoms with Crippen LogP contribution in [0.25, 0.3) is 0 Å². The topological polar surface area (TPSA) is 67.5 Å². The predicted molar refractivity (Wildman–Crippen MR) is 76.4 cm³/mol. The largest absolute Gasteiger partial charge is 0.475 e. The number of carboxylic acids is 1. The van der Waals surface area contributed by atoms with Gasteiger partial charge in [0.2, 0.25) is 5.76 Å². The summed E-state index contributed by atoms with van der Waals surface area (Å²) in [7, 11) is -1.25. The molecule has 0 fully saturated rings. The van der Waals surface area contributed by atoms with Crippen molar-refractivity contribution in [2.24, 2.45) is 0 Å². The van der Waals surface area contributed by atoms with Gasteiger partial charge in [-0.05, 0) is 50.1 Å². The number of aryl methyl sites for hydroxylation is 3. The highest BCUT2D eigenvalue weighted by Gasteiger charge is 2.16. The molecule has 1 aromatic carbocycles. The van der Waals surface area contributed by atoms with Crippen LogP contribution in [-0.4, -0.2) is 15.3 Å². The Bertz CT molecular complexity index is 685. The molecule has 0 amide bonds. The first-order valence-corrected chi connectivity index (χ1v) is 7.48. The maximum absolute atomic E-state index is 12.3. The molecule has 106 valence electrons. The SMILES string of the molecule is Cc1ccc(S(=O)Cc2cc(C)c(C(=O)O)o2)cc1C. The molecule has 20 heavy (non-hydrogen) atoms. The average molecular weight is 292 g/mol. The highest BCUT2D eigenvalue weighted by molar-refractivity contribution is 7.84. The van der Waals surface area contributed by atoms with Crippen molar-refractivity contribution in [3.8, 4) is 0 Å². The second-order valence-electron chi connectivity index (χ2n) is 4.77. The van der Waals surface area contributed by atoms with Gasteiger partial charge in [-0.1, -0.05) is 6.07 Å². The molecule has 2 rings (SSSR count). The number of carboxylic acid groups (broad SMARTS) is 1. The quantitative estimate of drug-likeness (QED) is 0.939. The van der Waals surface area contributed by atoms with Gasteiger partial charge in [0.15, 0.2) is 0 Å². The Hall–Kier alpha value is -1.88. The first kappa shape index (κ1) is 14.5. The molecule has 0 aliphatic rings.